The lowest BCUT2D eigenvalue weighted by molar-refractivity contribution is -0.0466. The number of fused-ring (bicyclic) bond motifs is 1. The molecule has 3 rings (SSSR count). The first-order valence-electron chi connectivity index (χ1n) is 7.24. The van der Waals surface area contributed by atoms with E-state index in [9.17, 15) is 31.6 Å². The van der Waals surface area contributed by atoms with Crippen LogP contribution in [0.4, 0.5) is 5.82 Å². The number of aliphatic hydroxyl groups excluding tert-OH is 2. The highest BCUT2D eigenvalue weighted by atomic mass is 32.3. The fourth-order valence-electron chi connectivity index (χ4n) is 2.53. The van der Waals surface area contributed by atoms with Crippen LogP contribution in [0.15, 0.2) is 12.7 Å². The molecule has 0 amide bonds. The molecule has 4 N–H and O–H groups in total. The summed E-state index contributed by atoms with van der Waals surface area (Å²) in [6.07, 6.45) is -3.25. The third-order valence-electron chi connectivity index (χ3n) is 3.70. The second-order valence-corrected chi connectivity index (χ2v) is 9.06. The Balaban J connectivity index is 1.77. The third kappa shape index (κ3) is 4.15. The van der Waals surface area contributed by atoms with E-state index in [-0.39, 0.29) is 17.0 Å². The Morgan fingerprint density at radius 3 is 2.59 bits per heavy atom. The van der Waals surface area contributed by atoms with Gasteiger partial charge >= 0.3 is 0 Å². The van der Waals surface area contributed by atoms with Crippen LogP contribution in [0.25, 0.3) is 11.2 Å². The average molecular weight is 424 g/mol. The lowest BCUT2D eigenvalue weighted by Crippen LogP contribution is -2.35. The van der Waals surface area contributed by atoms with Crippen LogP contribution >= 0.6 is 0 Å². The van der Waals surface area contributed by atoms with Gasteiger partial charge in [-0.25, -0.2) is 23.4 Å². The van der Waals surface area contributed by atoms with E-state index >= 15 is 0 Å². The lowest BCUT2D eigenvalue weighted by atomic mass is 10.1. The monoisotopic (exact) mass is 424 g/mol. The highest BCUT2D eigenvalue weighted by Crippen LogP contribution is 2.32. The second-order valence-electron chi connectivity index (χ2n) is 5.65. The van der Waals surface area contributed by atoms with Crippen LogP contribution < -0.4 is 5.73 Å². The number of rotatable bonds is 6. The van der Waals surface area contributed by atoms with Crippen LogP contribution in [-0.2, 0) is 29.2 Å². The summed E-state index contributed by atoms with van der Waals surface area (Å²) in [6, 6.07) is 0. The zero-order valence-corrected chi connectivity index (χ0v) is 14.9. The number of aliphatic hydroxyl groups is 2. The Hall–Kier alpha value is -1.95. The van der Waals surface area contributed by atoms with Crippen molar-refractivity contribution in [2.24, 2.45) is 0 Å². The number of ether oxygens (including phenoxy) is 1. The molecule has 4 atom stereocenters. The van der Waals surface area contributed by atoms with Gasteiger partial charge in [-0.1, -0.05) is 0 Å². The normalized spacial score (nSPS) is 26.6. The summed E-state index contributed by atoms with van der Waals surface area (Å²) in [6.45, 7) is -0.823. The summed E-state index contributed by atoms with van der Waals surface area (Å²) in [5.74, 6) is 0.0802. The van der Waals surface area contributed by atoms with Crippen LogP contribution in [-0.4, -0.2) is 81.1 Å². The van der Waals surface area contributed by atoms with Gasteiger partial charge in [0, 0.05) is 0 Å². The minimum Gasteiger partial charge on any atom is -0.747 e. The standard InChI is InChI=1S/C11H15N5O9S2/c12-9-6-10(14-2-13-9)16(3-15-6)11-8(18)7(17)5(25-11)1-24-27(22,23)4-26(19,20)21/h2-3,5,7-8,11,17-18H,1,4H2,(H2,12,13,14)(H,19,20,21)/p-1/t5-,7+,8?,11-/m1/s1. The maximum absolute atomic E-state index is 11.5. The van der Waals surface area contributed by atoms with Crippen molar-refractivity contribution in [1.82, 2.24) is 19.5 Å². The van der Waals surface area contributed by atoms with Crippen molar-refractivity contribution in [2.45, 2.75) is 24.5 Å². The van der Waals surface area contributed by atoms with E-state index in [0.717, 1.165) is 6.33 Å². The predicted octanol–water partition coefficient (Wildman–Crippen LogP) is -3.12. The van der Waals surface area contributed by atoms with Gasteiger partial charge in [-0.05, 0) is 0 Å². The molecular weight excluding hydrogens is 410 g/mol. The van der Waals surface area contributed by atoms with Crippen LogP contribution in [0.1, 0.15) is 6.23 Å². The quantitative estimate of drug-likeness (QED) is 0.309. The van der Waals surface area contributed by atoms with E-state index in [1.165, 1.54) is 10.9 Å². The Labute approximate surface area is 152 Å². The zero-order chi connectivity index (χ0) is 20.0. The molecule has 3 heterocycles. The number of anilines is 1. The van der Waals surface area contributed by atoms with E-state index in [4.69, 9.17) is 10.5 Å². The largest absolute Gasteiger partial charge is 0.747 e. The molecule has 0 saturated carbocycles. The molecule has 1 fully saturated rings. The highest BCUT2D eigenvalue weighted by Gasteiger charge is 2.45. The fourth-order valence-corrected chi connectivity index (χ4v) is 4.56. The van der Waals surface area contributed by atoms with Gasteiger partial charge in [-0.15, -0.1) is 0 Å². The lowest BCUT2D eigenvalue weighted by Gasteiger charge is -2.16. The number of hydrogen-bond donors (Lipinski definition) is 3. The minimum absolute atomic E-state index is 0.0802. The highest BCUT2D eigenvalue weighted by molar-refractivity contribution is 8.03. The molecule has 27 heavy (non-hydrogen) atoms. The average Bonchev–Trinajstić information content (AvgIpc) is 3.07. The van der Waals surface area contributed by atoms with Crippen LogP contribution in [0.5, 0.6) is 0 Å². The number of hydrogen-bond acceptors (Lipinski definition) is 13. The van der Waals surface area contributed by atoms with Crippen molar-refractivity contribution in [3.8, 4) is 0 Å². The summed E-state index contributed by atoms with van der Waals surface area (Å²) >= 11 is 0. The van der Waals surface area contributed by atoms with Crippen molar-refractivity contribution in [2.75, 3.05) is 17.4 Å². The van der Waals surface area contributed by atoms with E-state index in [0.29, 0.717) is 0 Å². The van der Waals surface area contributed by atoms with E-state index in [1.54, 1.807) is 0 Å². The third-order valence-corrected chi connectivity index (χ3v) is 6.50. The number of nitrogen functional groups attached to an aromatic ring is 1. The Bertz CT molecular complexity index is 1050. The maximum Gasteiger partial charge on any atom is 0.280 e. The number of aromatic nitrogens is 4. The number of nitrogens with two attached hydrogens (primary N) is 1. The summed E-state index contributed by atoms with van der Waals surface area (Å²) in [5.41, 5.74) is 6.09. The van der Waals surface area contributed by atoms with Crippen molar-refractivity contribution < 1.29 is 40.5 Å². The Morgan fingerprint density at radius 2 is 1.93 bits per heavy atom. The van der Waals surface area contributed by atoms with Crippen molar-refractivity contribution in [3.63, 3.8) is 0 Å². The molecule has 0 radical (unpaired) electrons. The zero-order valence-electron chi connectivity index (χ0n) is 13.3. The molecule has 0 aliphatic carbocycles. The maximum atomic E-state index is 11.5. The molecule has 1 aliphatic rings. The molecule has 1 aliphatic heterocycles. The van der Waals surface area contributed by atoms with Gasteiger partial charge in [0.2, 0.25) is 0 Å². The summed E-state index contributed by atoms with van der Waals surface area (Å²) in [4.78, 5) is 11.7. The van der Waals surface area contributed by atoms with Gasteiger partial charge in [-0.3, -0.25) is 8.75 Å². The van der Waals surface area contributed by atoms with Gasteiger partial charge in [0.05, 0.1) is 12.9 Å². The first-order chi connectivity index (χ1) is 12.5. The molecule has 0 spiro atoms. The summed E-state index contributed by atoms with van der Waals surface area (Å²) < 4.78 is 65.7. The van der Waals surface area contributed by atoms with Crippen molar-refractivity contribution in [3.05, 3.63) is 12.7 Å². The Morgan fingerprint density at radius 1 is 1.22 bits per heavy atom. The van der Waals surface area contributed by atoms with E-state index in [2.05, 4.69) is 19.1 Å². The van der Waals surface area contributed by atoms with Gasteiger partial charge in [-0.2, -0.15) is 8.42 Å². The second kappa shape index (κ2) is 6.89. The molecule has 0 bridgehead atoms. The van der Waals surface area contributed by atoms with Gasteiger partial charge in [0.1, 0.15) is 40.3 Å². The molecule has 14 nitrogen and oxygen atoms in total. The predicted molar refractivity (Wildman–Crippen MR) is 85.1 cm³/mol. The molecule has 16 heteroatoms. The SMILES string of the molecule is Nc1ncnc2c1ncn2[C@@H]1O[C@H](COS(=O)(=O)CS(=O)(=O)[O-])[C@H](O)C1O. The van der Waals surface area contributed by atoms with Gasteiger partial charge in [0.25, 0.3) is 10.1 Å². The number of imidazole rings is 1. The molecule has 2 aromatic rings. The first kappa shape index (κ1) is 19.8. The summed E-state index contributed by atoms with van der Waals surface area (Å²) in [7, 11) is -9.79. The molecule has 150 valence electrons. The van der Waals surface area contributed by atoms with Gasteiger partial charge in [0.15, 0.2) is 22.8 Å². The van der Waals surface area contributed by atoms with Gasteiger partial charge < -0.3 is 25.2 Å². The molecule has 2 aromatic heterocycles. The summed E-state index contributed by atoms with van der Waals surface area (Å²) in [5, 5.41) is 18.5. The number of nitrogens with zero attached hydrogens (tertiary/aromatic N) is 4. The Kier molecular flexibility index (Phi) is 5.06. The first-order valence-corrected chi connectivity index (χ1v) is 10.4. The fraction of sp³-hybridized carbons (Fsp3) is 0.545. The van der Waals surface area contributed by atoms with Crippen molar-refractivity contribution in [1.29, 1.82) is 0 Å². The van der Waals surface area contributed by atoms with E-state index < -0.39 is 56.5 Å². The molecule has 0 aromatic carbocycles. The molecule has 1 unspecified atom stereocenters. The minimum atomic E-state index is -5.08. The van der Waals surface area contributed by atoms with Crippen molar-refractivity contribution >= 4 is 37.2 Å². The van der Waals surface area contributed by atoms with E-state index in [1.807, 2.05) is 0 Å². The topological polar surface area (TPSA) is 220 Å². The van der Waals surface area contributed by atoms with Crippen LogP contribution in [0, 0.1) is 0 Å². The molecule has 1 saturated heterocycles. The van der Waals surface area contributed by atoms with Crippen LogP contribution in [0.3, 0.4) is 0 Å². The molecular formula is C11H14N5O9S2-. The smallest absolute Gasteiger partial charge is 0.280 e. The van der Waals surface area contributed by atoms with Crippen LogP contribution in [0.2, 0.25) is 0 Å².